The molecule has 11 heteroatoms. The van der Waals surface area contributed by atoms with Crippen LogP contribution in [0.2, 0.25) is 0 Å². The Morgan fingerprint density at radius 1 is 0.932 bits per heavy atom. The number of unbranched alkanes of at least 4 members (excludes halogenated alkanes) is 1. The van der Waals surface area contributed by atoms with Crippen LogP contribution in [0.4, 0.5) is 9.52 Å². The Hall–Kier alpha value is -4.22. The van der Waals surface area contributed by atoms with Crippen LogP contribution in [-0.2, 0) is 15.3 Å². The van der Waals surface area contributed by atoms with E-state index in [1.54, 1.807) is 66.7 Å². The number of carbonyl (C=O) groups is 2. The maximum Gasteiger partial charge on any atom is 0.301 e. The number of carbonyl (C=O) groups excluding carboxylic acids is 2. The van der Waals surface area contributed by atoms with Gasteiger partial charge in [-0.05, 0) is 66.4 Å². The van der Waals surface area contributed by atoms with Gasteiger partial charge in [0.1, 0.15) is 23.1 Å². The van der Waals surface area contributed by atoms with Crippen LogP contribution in [0, 0.1) is 5.82 Å². The van der Waals surface area contributed by atoms with Crippen molar-refractivity contribution in [3.63, 3.8) is 0 Å². The molecule has 1 saturated heterocycles. The smallest absolute Gasteiger partial charge is 0.301 e. The molecule has 0 saturated carbocycles. The number of ketones is 1. The van der Waals surface area contributed by atoms with Crippen molar-refractivity contribution in [3.05, 3.63) is 101 Å². The van der Waals surface area contributed by atoms with Gasteiger partial charge >= 0.3 is 5.91 Å². The van der Waals surface area contributed by atoms with Crippen molar-refractivity contribution in [2.75, 3.05) is 18.1 Å². The topological polar surface area (TPSA) is 102 Å². The average molecular weight is 634 g/mol. The minimum absolute atomic E-state index is 0.0624. The first kappa shape index (κ1) is 31.2. The summed E-state index contributed by atoms with van der Waals surface area (Å²) >= 11 is 2.40. The highest BCUT2D eigenvalue weighted by Gasteiger charge is 2.48. The summed E-state index contributed by atoms with van der Waals surface area (Å²) in [6.07, 6.45) is 2.77. The number of aromatic nitrogens is 2. The third-order valence-corrected chi connectivity index (χ3v) is 9.02. The Morgan fingerprint density at radius 2 is 1.61 bits per heavy atom. The first-order valence-electron chi connectivity index (χ1n) is 14.4. The van der Waals surface area contributed by atoms with E-state index >= 15 is 0 Å². The zero-order chi connectivity index (χ0) is 31.1. The van der Waals surface area contributed by atoms with Gasteiger partial charge < -0.3 is 14.6 Å². The first-order valence-corrected chi connectivity index (χ1v) is 16.2. The van der Waals surface area contributed by atoms with Crippen molar-refractivity contribution in [2.24, 2.45) is 0 Å². The molecule has 8 nitrogen and oxygen atoms in total. The molecule has 0 aliphatic carbocycles. The van der Waals surface area contributed by atoms with Crippen LogP contribution in [-0.4, -0.2) is 40.2 Å². The van der Waals surface area contributed by atoms with E-state index in [2.05, 4.69) is 17.1 Å². The number of benzene rings is 3. The number of thioether (sulfide) groups is 1. The molecular weight excluding hydrogens is 602 g/mol. The molecule has 1 N–H and O–H groups in total. The Kier molecular flexibility index (Phi) is 10.3. The molecule has 1 unspecified atom stereocenters. The molecule has 0 spiro atoms. The maximum absolute atomic E-state index is 14.1. The molecule has 2 heterocycles. The Labute approximate surface area is 263 Å². The molecule has 44 heavy (non-hydrogen) atoms. The molecular formula is C33H32FN3O5S2. The molecule has 1 amide bonds. The molecule has 228 valence electrons. The van der Waals surface area contributed by atoms with E-state index in [0.717, 1.165) is 30.6 Å². The van der Waals surface area contributed by atoms with E-state index in [9.17, 15) is 19.1 Å². The van der Waals surface area contributed by atoms with Crippen LogP contribution in [0.25, 0.3) is 5.76 Å². The standard InChI is InChI=1S/C33H32FN3O5S2/c1-3-5-19-42-25-14-10-21(11-15-25)28-27(29(38)22-12-16-24(17-13-22)41-18-4-2)30(39)31(40)37(28)32-35-36-33(44-32)43-20-23-8-6-7-9-26(23)34/h6-17,28,38H,3-5,18-20H2,1-2H3/b29-27-. The highest BCUT2D eigenvalue weighted by atomic mass is 32.2. The monoisotopic (exact) mass is 633 g/mol. The van der Waals surface area contributed by atoms with E-state index in [1.807, 2.05) is 6.92 Å². The molecule has 0 radical (unpaired) electrons. The van der Waals surface area contributed by atoms with Gasteiger partial charge in [0.25, 0.3) is 5.78 Å². The second-order valence-corrected chi connectivity index (χ2v) is 12.2. The predicted octanol–water partition coefficient (Wildman–Crippen LogP) is 7.56. The van der Waals surface area contributed by atoms with Gasteiger partial charge in [-0.1, -0.05) is 73.7 Å². The molecule has 3 aromatic carbocycles. The van der Waals surface area contributed by atoms with Gasteiger partial charge in [0, 0.05) is 11.3 Å². The van der Waals surface area contributed by atoms with E-state index < -0.39 is 17.7 Å². The minimum atomic E-state index is -0.965. The van der Waals surface area contributed by atoms with E-state index in [1.165, 1.54) is 22.7 Å². The molecule has 0 bridgehead atoms. The van der Waals surface area contributed by atoms with Crippen LogP contribution >= 0.6 is 23.1 Å². The lowest BCUT2D eigenvalue weighted by Crippen LogP contribution is -2.29. The molecule has 1 aliphatic rings. The number of aliphatic hydroxyl groups is 1. The maximum atomic E-state index is 14.1. The zero-order valence-corrected chi connectivity index (χ0v) is 26.0. The number of nitrogens with zero attached hydrogens (tertiary/aromatic N) is 3. The third-order valence-electron chi connectivity index (χ3n) is 6.92. The summed E-state index contributed by atoms with van der Waals surface area (Å²) in [5.74, 6) is -0.677. The summed E-state index contributed by atoms with van der Waals surface area (Å²) < 4.78 is 26.1. The van der Waals surface area contributed by atoms with Gasteiger partial charge in [-0.25, -0.2) is 4.39 Å². The lowest BCUT2D eigenvalue weighted by Gasteiger charge is -2.22. The highest BCUT2D eigenvalue weighted by molar-refractivity contribution is 8.00. The summed E-state index contributed by atoms with van der Waals surface area (Å²) in [4.78, 5) is 28.4. The van der Waals surface area contributed by atoms with Crippen LogP contribution < -0.4 is 14.4 Å². The summed E-state index contributed by atoms with van der Waals surface area (Å²) in [5.41, 5.74) is 1.41. The number of aliphatic hydroxyl groups excluding tert-OH is 1. The lowest BCUT2D eigenvalue weighted by atomic mass is 9.95. The quantitative estimate of drug-likeness (QED) is 0.0402. The van der Waals surface area contributed by atoms with Crippen molar-refractivity contribution < 1.29 is 28.6 Å². The van der Waals surface area contributed by atoms with Gasteiger partial charge in [0.15, 0.2) is 4.34 Å². The summed E-state index contributed by atoms with van der Waals surface area (Å²) in [6.45, 7) is 5.21. The fourth-order valence-electron chi connectivity index (χ4n) is 4.62. The normalized spacial score (nSPS) is 16.0. The van der Waals surface area contributed by atoms with Gasteiger partial charge in [-0.3, -0.25) is 14.5 Å². The molecule has 4 aromatic rings. The molecule has 1 aliphatic heterocycles. The number of rotatable bonds is 13. The van der Waals surface area contributed by atoms with Gasteiger partial charge in [0.05, 0.1) is 24.8 Å². The average Bonchev–Trinajstić information content (AvgIpc) is 3.61. The van der Waals surface area contributed by atoms with Crippen LogP contribution in [0.3, 0.4) is 0 Å². The van der Waals surface area contributed by atoms with Gasteiger partial charge in [-0.2, -0.15) is 0 Å². The third kappa shape index (κ3) is 6.95. The second kappa shape index (κ2) is 14.5. The Morgan fingerprint density at radius 3 is 2.30 bits per heavy atom. The lowest BCUT2D eigenvalue weighted by molar-refractivity contribution is -0.132. The number of ether oxygens (including phenoxy) is 2. The van der Waals surface area contributed by atoms with Gasteiger partial charge in [0.2, 0.25) is 5.13 Å². The fourth-order valence-corrected chi connectivity index (χ4v) is 6.48. The largest absolute Gasteiger partial charge is 0.507 e. The molecule has 5 rings (SSSR count). The van der Waals surface area contributed by atoms with E-state index in [-0.39, 0.29) is 22.3 Å². The summed E-state index contributed by atoms with van der Waals surface area (Å²) in [6, 6.07) is 19.3. The summed E-state index contributed by atoms with van der Waals surface area (Å²) in [7, 11) is 0. The number of hydrogen-bond donors (Lipinski definition) is 1. The predicted molar refractivity (Wildman–Crippen MR) is 170 cm³/mol. The molecule has 1 aromatic heterocycles. The summed E-state index contributed by atoms with van der Waals surface area (Å²) in [5, 5.41) is 20.1. The first-order chi connectivity index (χ1) is 21.4. The van der Waals surface area contributed by atoms with Crippen molar-refractivity contribution in [2.45, 2.75) is 49.2 Å². The Bertz CT molecular complexity index is 1640. The minimum Gasteiger partial charge on any atom is -0.507 e. The number of Topliss-reactive ketones (excluding diaryl/α,β-unsaturated/α-hetero) is 1. The number of halogens is 1. The highest BCUT2D eigenvalue weighted by Crippen LogP contribution is 2.44. The zero-order valence-electron chi connectivity index (χ0n) is 24.4. The van der Waals surface area contributed by atoms with E-state index in [4.69, 9.17) is 9.47 Å². The van der Waals surface area contributed by atoms with Crippen LogP contribution in [0.15, 0.2) is 82.7 Å². The number of amides is 1. The number of hydrogen-bond acceptors (Lipinski definition) is 9. The van der Waals surface area contributed by atoms with Crippen molar-refractivity contribution >= 4 is 45.7 Å². The van der Waals surface area contributed by atoms with E-state index in [0.29, 0.717) is 51.5 Å². The van der Waals surface area contributed by atoms with Gasteiger partial charge in [-0.15, -0.1) is 10.2 Å². The molecule has 1 atom stereocenters. The second-order valence-electron chi connectivity index (χ2n) is 10.0. The van der Waals surface area contributed by atoms with Crippen molar-refractivity contribution in [1.29, 1.82) is 0 Å². The van der Waals surface area contributed by atoms with Crippen LogP contribution in [0.5, 0.6) is 11.5 Å². The fraction of sp³-hybridized carbons (Fsp3) is 0.273. The Balaban J connectivity index is 1.50. The van der Waals surface area contributed by atoms with Crippen LogP contribution in [0.1, 0.15) is 55.8 Å². The SMILES string of the molecule is CCCCOc1ccc(C2/C(=C(/O)c3ccc(OCCC)cc3)C(=O)C(=O)N2c2nnc(SCc3ccccc3F)s2)cc1. The number of anilines is 1. The van der Waals surface area contributed by atoms with Crippen molar-refractivity contribution in [3.8, 4) is 11.5 Å². The molecule has 1 fully saturated rings. The van der Waals surface area contributed by atoms with Crippen molar-refractivity contribution in [1.82, 2.24) is 10.2 Å².